The minimum absolute atomic E-state index is 0.126. The van der Waals surface area contributed by atoms with Crippen molar-refractivity contribution in [2.24, 2.45) is 0 Å². The third-order valence-electron chi connectivity index (χ3n) is 4.58. The summed E-state index contributed by atoms with van der Waals surface area (Å²) >= 11 is 0. The predicted molar refractivity (Wildman–Crippen MR) is 94.4 cm³/mol. The average Bonchev–Trinajstić information content (AvgIpc) is 2.90. The Morgan fingerprint density at radius 2 is 0.850 bits per heavy atom. The molecule has 0 aromatic carbocycles. The Hall–Kier alpha value is 0.350. The zero-order valence-electron chi connectivity index (χ0n) is 15.4. The van der Waals surface area contributed by atoms with Crippen LogP contribution in [0.25, 0.3) is 0 Å². The van der Waals surface area contributed by atoms with Crippen molar-refractivity contribution in [1.29, 1.82) is 0 Å². The van der Waals surface area contributed by atoms with Gasteiger partial charge in [0.1, 0.15) is 0 Å². The monoisotopic (exact) mass is 300 g/mol. The highest BCUT2D eigenvalue weighted by molar-refractivity contribution is 7.57. The molecule has 1 fully saturated rings. The van der Waals surface area contributed by atoms with Gasteiger partial charge in [0.25, 0.3) is 0 Å². The second-order valence-electron chi connectivity index (χ2n) is 7.70. The van der Waals surface area contributed by atoms with E-state index in [1.807, 2.05) is 0 Å². The number of hydrogen-bond acceptors (Lipinski definition) is 2. The van der Waals surface area contributed by atoms with Crippen molar-refractivity contribution >= 4 is 7.92 Å². The largest absolute Gasteiger partial charge is 0.293 e. The molecule has 0 saturated heterocycles. The van der Waals surface area contributed by atoms with Gasteiger partial charge in [0.2, 0.25) is 0 Å². The molecule has 1 rings (SSSR count). The van der Waals surface area contributed by atoms with Gasteiger partial charge in [0.05, 0.1) is 0 Å². The van der Waals surface area contributed by atoms with E-state index in [0.29, 0.717) is 24.2 Å². The van der Waals surface area contributed by atoms with Crippen LogP contribution >= 0.6 is 7.92 Å². The molecule has 2 unspecified atom stereocenters. The molecule has 0 spiro atoms. The summed E-state index contributed by atoms with van der Waals surface area (Å²) in [7, 11) is 0.126. The molecule has 20 heavy (non-hydrogen) atoms. The van der Waals surface area contributed by atoms with E-state index in [2.05, 4.69) is 78.5 Å². The maximum atomic E-state index is 2.76. The predicted octanol–water partition coefficient (Wildman–Crippen LogP) is 4.08. The van der Waals surface area contributed by atoms with Crippen LogP contribution in [0.3, 0.4) is 0 Å². The van der Waals surface area contributed by atoms with Gasteiger partial charge in [-0.3, -0.25) is 9.80 Å². The summed E-state index contributed by atoms with van der Waals surface area (Å²) in [5.74, 6) is 0. The molecule has 2 nitrogen and oxygen atoms in total. The van der Waals surface area contributed by atoms with Gasteiger partial charge in [-0.05, 0) is 68.7 Å². The highest BCUT2D eigenvalue weighted by atomic mass is 31.1. The van der Waals surface area contributed by atoms with E-state index in [4.69, 9.17) is 0 Å². The molecular formula is C17H37N2P. The van der Waals surface area contributed by atoms with Crippen molar-refractivity contribution in [3.05, 3.63) is 0 Å². The van der Waals surface area contributed by atoms with Crippen LogP contribution in [0.5, 0.6) is 0 Å². The van der Waals surface area contributed by atoms with E-state index >= 15 is 0 Å². The molecule has 0 aromatic heterocycles. The lowest BCUT2D eigenvalue weighted by Crippen LogP contribution is -2.46. The minimum Gasteiger partial charge on any atom is -0.293 e. The Balaban J connectivity index is 3.00. The fourth-order valence-electron chi connectivity index (χ4n) is 4.15. The van der Waals surface area contributed by atoms with Crippen LogP contribution in [0.4, 0.5) is 0 Å². The third-order valence-corrected chi connectivity index (χ3v) is 6.38. The molecule has 0 radical (unpaired) electrons. The Bertz CT molecular complexity index is 257. The van der Waals surface area contributed by atoms with E-state index in [-0.39, 0.29) is 7.92 Å². The van der Waals surface area contributed by atoms with Gasteiger partial charge in [-0.25, -0.2) is 0 Å². The van der Waals surface area contributed by atoms with Gasteiger partial charge < -0.3 is 0 Å². The Morgan fingerprint density at radius 3 is 1.00 bits per heavy atom. The molecule has 1 aliphatic rings. The highest BCUT2D eigenvalue weighted by Crippen LogP contribution is 2.54. The van der Waals surface area contributed by atoms with Crippen LogP contribution in [-0.4, -0.2) is 65.0 Å². The fraction of sp³-hybridized carbons (Fsp3) is 1.00. The summed E-state index contributed by atoms with van der Waals surface area (Å²) in [6.45, 7) is 23.8. The van der Waals surface area contributed by atoms with Crippen LogP contribution in [0, 0.1) is 0 Å². The van der Waals surface area contributed by atoms with E-state index < -0.39 is 0 Å². The fourth-order valence-corrected chi connectivity index (χ4v) is 5.93. The van der Waals surface area contributed by atoms with Crippen molar-refractivity contribution in [2.75, 3.05) is 13.3 Å². The lowest BCUT2D eigenvalue weighted by atomic mass is 10.2. The van der Waals surface area contributed by atoms with Gasteiger partial charge in [-0.1, -0.05) is 0 Å². The highest BCUT2D eigenvalue weighted by Gasteiger charge is 2.59. The Kier molecular flexibility index (Phi) is 6.51. The number of hydrogen-bond donors (Lipinski definition) is 0. The van der Waals surface area contributed by atoms with Crippen molar-refractivity contribution in [2.45, 2.75) is 97.3 Å². The van der Waals surface area contributed by atoms with Crippen LogP contribution in [0.2, 0.25) is 0 Å². The van der Waals surface area contributed by atoms with E-state index in [1.54, 1.807) is 0 Å². The molecular weight excluding hydrogens is 263 g/mol. The zero-order chi connectivity index (χ0) is 15.8. The maximum Gasteiger partial charge on any atom is 0.0346 e. The standard InChI is InChI=1S/C17H37N2P/c1-11(2)18(12(3)4)15-16(17(15)20(9)10)19(13(5)6)14(7)8/h11-17H,1-10H3. The smallest absolute Gasteiger partial charge is 0.0346 e. The molecule has 1 saturated carbocycles. The lowest BCUT2D eigenvalue weighted by Gasteiger charge is -2.35. The van der Waals surface area contributed by atoms with Crippen LogP contribution in [0.1, 0.15) is 55.4 Å². The number of nitrogens with zero attached hydrogens (tertiary/aromatic N) is 2. The summed E-state index contributed by atoms with van der Waals surface area (Å²) in [6, 6.07) is 4.10. The van der Waals surface area contributed by atoms with Crippen molar-refractivity contribution in [3.63, 3.8) is 0 Å². The molecule has 2 atom stereocenters. The van der Waals surface area contributed by atoms with Gasteiger partial charge >= 0.3 is 0 Å². The molecule has 0 aliphatic heterocycles. The van der Waals surface area contributed by atoms with Crippen LogP contribution in [-0.2, 0) is 0 Å². The molecule has 1 aliphatic carbocycles. The first kappa shape index (κ1) is 18.4. The first-order chi connectivity index (χ1) is 9.11. The normalized spacial score (nSPS) is 27.1. The van der Waals surface area contributed by atoms with Gasteiger partial charge in [0.15, 0.2) is 0 Å². The zero-order valence-corrected chi connectivity index (χ0v) is 16.3. The van der Waals surface area contributed by atoms with Gasteiger partial charge in [-0.15, -0.1) is 7.92 Å². The minimum atomic E-state index is 0.126. The molecule has 0 N–H and O–H groups in total. The summed E-state index contributed by atoms with van der Waals surface area (Å²) < 4.78 is 0. The summed E-state index contributed by atoms with van der Waals surface area (Å²) in [4.78, 5) is 5.52. The summed E-state index contributed by atoms with van der Waals surface area (Å²) in [5.41, 5.74) is 0.889. The molecule has 0 aromatic rings. The van der Waals surface area contributed by atoms with Crippen molar-refractivity contribution < 1.29 is 0 Å². The van der Waals surface area contributed by atoms with Crippen LogP contribution in [0.15, 0.2) is 0 Å². The maximum absolute atomic E-state index is 2.76. The molecule has 0 heterocycles. The Labute approximate surface area is 129 Å². The van der Waals surface area contributed by atoms with E-state index in [1.165, 1.54) is 0 Å². The second kappa shape index (κ2) is 7.07. The molecule has 0 bridgehead atoms. The molecule has 0 amide bonds. The SMILES string of the molecule is CC(C)N(C(C)C)C1C(N(C(C)C)C(C)C)C1P(C)C. The third kappa shape index (κ3) is 3.76. The van der Waals surface area contributed by atoms with E-state index in [9.17, 15) is 0 Å². The molecule has 120 valence electrons. The van der Waals surface area contributed by atoms with Crippen molar-refractivity contribution in [3.8, 4) is 0 Å². The number of rotatable bonds is 7. The van der Waals surface area contributed by atoms with Crippen LogP contribution < -0.4 is 0 Å². The first-order valence-electron chi connectivity index (χ1n) is 8.32. The molecule has 3 heteroatoms. The lowest BCUT2D eigenvalue weighted by molar-refractivity contribution is 0.108. The van der Waals surface area contributed by atoms with Crippen molar-refractivity contribution in [1.82, 2.24) is 9.80 Å². The van der Waals surface area contributed by atoms with E-state index in [0.717, 1.165) is 17.7 Å². The topological polar surface area (TPSA) is 6.48 Å². The Morgan fingerprint density at radius 1 is 0.600 bits per heavy atom. The van der Waals surface area contributed by atoms with Gasteiger partial charge in [0, 0.05) is 41.9 Å². The van der Waals surface area contributed by atoms with Gasteiger partial charge in [-0.2, -0.15) is 0 Å². The quantitative estimate of drug-likeness (QED) is 0.654. The summed E-state index contributed by atoms with van der Waals surface area (Å²) in [5, 5.41) is 0. The first-order valence-corrected chi connectivity index (χ1v) is 10.6. The second-order valence-corrected chi connectivity index (χ2v) is 10.2. The average molecular weight is 300 g/mol. The summed E-state index contributed by atoms with van der Waals surface area (Å²) in [6.07, 6.45) is 0.